The van der Waals surface area contributed by atoms with Gasteiger partial charge in [-0.25, -0.2) is 0 Å². The smallest absolute Gasteiger partial charge is 0.170 e. The molecule has 2 rings (SSSR count). The molecule has 2 nitrogen and oxygen atoms in total. The fourth-order valence-electron chi connectivity index (χ4n) is 2.18. The SMILES string of the molecule is CC(=O)CC(=O)c1ccccc1.CCCCCc1ccccc1. The molecule has 0 spiro atoms. The number of carbonyl (C=O) groups excluding carboxylic acids is 2. The topological polar surface area (TPSA) is 34.1 Å². The molecule has 0 radical (unpaired) electrons. The van der Waals surface area contributed by atoms with Gasteiger partial charge in [0.05, 0.1) is 6.42 Å². The van der Waals surface area contributed by atoms with Gasteiger partial charge in [0.1, 0.15) is 5.78 Å². The number of aryl methyl sites for hydroxylation is 1. The first-order chi connectivity index (χ1) is 11.1. The molecule has 0 atom stereocenters. The van der Waals surface area contributed by atoms with Crippen molar-refractivity contribution in [2.45, 2.75) is 46.0 Å². The number of rotatable bonds is 7. The van der Waals surface area contributed by atoms with E-state index in [0.29, 0.717) is 5.56 Å². The number of hydrogen-bond acceptors (Lipinski definition) is 2. The Morgan fingerprint density at radius 1 is 0.826 bits per heavy atom. The molecule has 0 aliphatic heterocycles. The summed E-state index contributed by atoms with van der Waals surface area (Å²) >= 11 is 0. The number of ketones is 2. The molecule has 23 heavy (non-hydrogen) atoms. The third kappa shape index (κ3) is 8.72. The highest BCUT2D eigenvalue weighted by Crippen LogP contribution is 2.05. The van der Waals surface area contributed by atoms with Gasteiger partial charge in [-0.3, -0.25) is 9.59 Å². The molecule has 2 heteroatoms. The van der Waals surface area contributed by atoms with E-state index < -0.39 is 0 Å². The van der Waals surface area contributed by atoms with Gasteiger partial charge in [-0.15, -0.1) is 0 Å². The normalized spacial score (nSPS) is 9.65. The largest absolute Gasteiger partial charge is 0.300 e. The van der Waals surface area contributed by atoms with Crippen molar-refractivity contribution in [1.82, 2.24) is 0 Å². The molecule has 0 fully saturated rings. The van der Waals surface area contributed by atoms with Crippen LogP contribution in [0.2, 0.25) is 0 Å². The van der Waals surface area contributed by atoms with Crippen LogP contribution in [-0.4, -0.2) is 11.6 Å². The summed E-state index contributed by atoms with van der Waals surface area (Å²) < 4.78 is 0. The van der Waals surface area contributed by atoms with Gasteiger partial charge in [0.15, 0.2) is 5.78 Å². The third-order valence-corrected chi connectivity index (χ3v) is 3.42. The highest BCUT2D eigenvalue weighted by atomic mass is 16.1. The van der Waals surface area contributed by atoms with Crippen molar-refractivity contribution in [3.8, 4) is 0 Å². The van der Waals surface area contributed by atoms with Gasteiger partial charge in [-0.1, -0.05) is 80.4 Å². The van der Waals surface area contributed by atoms with Crippen molar-refractivity contribution in [3.05, 3.63) is 71.8 Å². The second-order valence-corrected chi connectivity index (χ2v) is 5.61. The maximum absolute atomic E-state index is 11.2. The van der Waals surface area contributed by atoms with Crippen LogP contribution in [0.3, 0.4) is 0 Å². The summed E-state index contributed by atoms with van der Waals surface area (Å²) in [4.78, 5) is 21.8. The standard InChI is InChI=1S/C11H16.C10H10O2/c1-2-3-5-8-11-9-6-4-7-10-11;1-8(11)7-10(12)9-5-3-2-4-6-9/h4,6-7,9-10H,2-3,5,8H2,1H3;2-6H,7H2,1H3. The molecule has 0 aliphatic carbocycles. The van der Waals surface area contributed by atoms with Crippen LogP contribution >= 0.6 is 0 Å². The number of unbranched alkanes of at least 4 members (excludes halogenated alkanes) is 2. The molecule has 0 N–H and O–H groups in total. The first kappa shape index (κ1) is 18.8. The summed E-state index contributed by atoms with van der Waals surface area (Å²) in [6.45, 7) is 3.66. The Morgan fingerprint density at radius 3 is 1.91 bits per heavy atom. The van der Waals surface area contributed by atoms with Gasteiger partial charge in [-0.05, 0) is 25.3 Å². The molecule has 2 aromatic rings. The molecule has 0 saturated heterocycles. The van der Waals surface area contributed by atoms with Crippen molar-refractivity contribution in [1.29, 1.82) is 0 Å². The van der Waals surface area contributed by atoms with Crippen LogP contribution in [0, 0.1) is 0 Å². The highest BCUT2D eigenvalue weighted by molar-refractivity contribution is 6.07. The van der Waals surface area contributed by atoms with E-state index >= 15 is 0 Å². The second-order valence-electron chi connectivity index (χ2n) is 5.61. The van der Waals surface area contributed by atoms with E-state index in [1.165, 1.54) is 38.2 Å². The molecule has 0 amide bonds. The molecule has 0 unspecified atom stereocenters. The van der Waals surface area contributed by atoms with E-state index in [1.54, 1.807) is 24.3 Å². The van der Waals surface area contributed by atoms with Crippen LogP contribution in [0.25, 0.3) is 0 Å². The minimum Gasteiger partial charge on any atom is -0.300 e. The fourth-order valence-corrected chi connectivity index (χ4v) is 2.18. The van der Waals surface area contributed by atoms with Gasteiger partial charge < -0.3 is 0 Å². The number of hydrogen-bond donors (Lipinski definition) is 0. The number of carbonyl (C=O) groups is 2. The van der Waals surface area contributed by atoms with E-state index in [-0.39, 0.29) is 18.0 Å². The van der Waals surface area contributed by atoms with Crippen LogP contribution in [0.4, 0.5) is 0 Å². The number of benzene rings is 2. The highest BCUT2D eigenvalue weighted by Gasteiger charge is 2.06. The van der Waals surface area contributed by atoms with E-state index in [0.717, 1.165) is 0 Å². The van der Waals surface area contributed by atoms with Gasteiger partial charge >= 0.3 is 0 Å². The van der Waals surface area contributed by atoms with Crippen LogP contribution in [-0.2, 0) is 11.2 Å². The Labute approximate surface area is 139 Å². The van der Waals surface area contributed by atoms with E-state index in [1.807, 2.05) is 6.07 Å². The first-order valence-electron chi connectivity index (χ1n) is 8.25. The van der Waals surface area contributed by atoms with Crippen LogP contribution < -0.4 is 0 Å². The summed E-state index contributed by atoms with van der Waals surface area (Å²) in [6, 6.07) is 19.5. The summed E-state index contributed by atoms with van der Waals surface area (Å²) in [7, 11) is 0. The first-order valence-corrected chi connectivity index (χ1v) is 8.25. The zero-order valence-corrected chi connectivity index (χ0v) is 14.1. The number of Topliss-reactive ketones (excluding diaryl/α,β-unsaturated/α-hetero) is 2. The molecular weight excluding hydrogens is 284 g/mol. The average Bonchev–Trinajstić information content (AvgIpc) is 2.57. The lowest BCUT2D eigenvalue weighted by Crippen LogP contribution is -2.04. The van der Waals surface area contributed by atoms with Crippen LogP contribution in [0.15, 0.2) is 60.7 Å². The van der Waals surface area contributed by atoms with Crippen LogP contribution in [0.1, 0.15) is 55.5 Å². The third-order valence-electron chi connectivity index (χ3n) is 3.42. The van der Waals surface area contributed by atoms with E-state index in [4.69, 9.17) is 0 Å². The van der Waals surface area contributed by atoms with Gasteiger partial charge in [-0.2, -0.15) is 0 Å². The van der Waals surface area contributed by atoms with E-state index in [2.05, 4.69) is 37.3 Å². The molecule has 0 bridgehead atoms. The fraction of sp³-hybridized carbons (Fsp3) is 0.333. The van der Waals surface area contributed by atoms with Crippen molar-refractivity contribution < 1.29 is 9.59 Å². The van der Waals surface area contributed by atoms with Crippen molar-refractivity contribution >= 4 is 11.6 Å². The predicted octanol–water partition coefficient (Wildman–Crippen LogP) is 5.27. The summed E-state index contributed by atoms with van der Waals surface area (Å²) in [5.41, 5.74) is 2.08. The molecule has 0 aromatic heterocycles. The van der Waals surface area contributed by atoms with Gasteiger partial charge in [0.2, 0.25) is 0 Å². The minimum absolute atomic E-state index is 0.00398. The molecular formula is C21H26O2. The quantitative estimate of drug-likeness (QED) is 0.397. The van der Waals surface area contributed by atoms with Crippen LogP contribution in [0.5, 0.6) is 0 Å². The Bertz CT molecular complexity index is 573. The average molecular weight is 310 g/mol. The lowest BCUT2D eigenvalue weighted by atomic mass is 10.1. The zero-order valence-electron chi connectivity index (χ0n) is 14.1. The molecule has 0 heterocycles. The molecule has 2 aromatic carbocycles. The van der Waals surface area contributed by atoms with Gasteiger partial charge in [0, 0.05) is 5.56 Å². The minimum atomic E-state index is -0.108. The maximum Gasteiger partial charge on any atom is 0.170 e. The summed E-state index contributed by atoms with van der Waals surface area (Å²) in [5, 5.41) is 0. The zero-order chi connectivity index (χ0) is 16.9. The van der Waals surface area contributed by atoms with Crippen molar-refractivity contribution in [3.63, 3.8) is 0 Å². The molecule has 0 aliphatic rings. The second kappa shape index (κ2) is 11.4. The Morgan fingerprint density at radius 2 is 1.39 bits per heavy atom. The lowest BCUT2D eigenvalue weighted by molar-refractivity contribution is -0.116. The summed E-state index contributed by atoms with van der Waals surface area (Å²) in [5.74, 6) is -0.202. The molecule has 122 valence electrons. The lowest BCUT2D eigenvalue weighted by Gasteiger charge is -1.98. The Hall–Kier alpha value is -2.22. The van der Waals surface area contributed by atoms with Crippen molar-refractivity contribution in [2.24, 2.45) is 0 Å². The van der Waals surface area contributed by atoms with Crippen molar-refractivity contribution in [2.75, 3.05) is 0 Å². The van der Waals surface area contributed by atoms with E-state index in [9.17, 15) is 9.59 Å². The Balaban J connectivity index is 0.000000231. The summed E-state index contributed by atoms with van der Waals surface area (Å²) in [6.07, 6.45) is 5.25. The Kier molecular flexibility index (Phi) is 9.30. The van der Waals surface area contributed by atoms with Gasteiger partial charge in [0.25, 0.3) is 0 Å². The monoisotopic (exact) mass is 310 g/mol. The predicted molar refractivity (Wildman–Crippen MR) is 95.7 cm³/mol. The molecule has 0 saturated carbocycles. The maximum atomic E-state index is 11.2.